The summed E-state index contributed by atoms with van der Waals surface area (Å²) in [7, 11) is 3.20. The third kappa shape index (κ3) is 8.01. The summed E-state index contributed by atoms with van der Waals surface area (Å²) in [4.78, 5) is 27.7. The molecule has 0 bridgehead atoms. The quantitative estimate of drug-likeness (QED) is 0.108. The van der Waals surface area contributed by atoms with Crippen molar-refractivity contribution in [1.29, 1.82) is 0 Å². The molecule has 5 N–H and O–H groups in total. The largest absolute Gasteiger partial charge is 0.496 e. The number of nitrogens with one attached hydrogen (secondary N) is 5. The van der Waals surface area contributed by atoms with Crippen LogP contribution in [0.15, 0.2) is 60.8 Å². The zero-order valence-electron chi connectivity index (χ0n) is 28.4. The number of carbonyl (C=O) groups excluding carboxylic acids is 2. The van der Waals surface area contributed by atoms with Crippen molar-refractivity contribution in [3.8, 4) is 33.9 Å². The number of carbonyl (C=O) groups is 2. The van der Waals surface area contributed by atoms with E-state index in [2.05, 4.69) is 31.6 Å². The van der Waals surface area contributed by atoms with Crippen LogP contribution in [0.4, 0.5) is 15.8 Å². The Labute approximate surface area is 296 Å². The minimum Gasteiger partial charge on any atom is -0.496 e. The second-order valence-corrected chi connectivity index (χ2v) is 13.0. The van der Waals surface area contributed by atoms with E-state index >= 15 is 0 Å². The topological polar surface area (TPSA) is 126 Å². The van der Waals surface area contributed by atoms with Gasteiger partial charge in [0, 0.05) is 91.3 Å². The Balaban J connectivity index is 1.21. The van der Waals surface area contributed by atoms with Gasteiger partial charge in [0.25, 0.3) is 0 Å². The van der Waals surface area contributed by atoms with Crippen molar-refractivity contribution >= 4 is 34.8 Å². The van der Waals surface area contributed by atoms with Gasteiger partial charge in [-0.3, -0.25) is 14.6 Å². The molecule has 2 saturated heterocycles. The fraction of sp³-hybridized carbons (Fsp3) is 0.342. The molecule has 0 unspecified atom stereocenters. The number of aromatic nitrogens is 1. The summed E-state index contributed by atoms with van der Waals surface area (Å²) in [5.41, 5.74) is 6.95. The molecule has 3 heterocycles. The van der Waals surface area contributed by atoms with Crippen molar-refractivity contribution in [2.45, 2.75) is 57.8 Å². The van der Waals surface area contributed by atoms with Crippen LogP contribution in [0.1, 0.15) is 42.4 Å². The van der Waals surface area contributed by atoms with Gasteiger partial charge in [-0.2, -0.15) is 0 Å². The van der Waals surface area contributed by atoms with Crippen LogP contribution in [0, 0.1) is 12.7 Å². The van der Waals surface area contributed by atoms with Crippen molar-refractivity contribution < 1.29 is 23.5 Å². The third-order valence-corrected chi connectivity index (χ3v) is 9.64. The first-order chi connectivity index (χ1) is 24.2. The lowest BCUT2D eigenvalue weighted by molar-refractivity contribution is -0.120. The fourth-order valence-electron chi connectivity index (χ4n) is 6.64. The zero-order chi connectivity index (χ0) is 35.2. The van der Waals surface area contributed by atoms with Gasteiger partial charge in [-0.05, 0) is 55.2 Å². The lowest BCUT2D eigenvalue weighted by Gasteiger charge is -2.19. The summed E-state index contributed by atoms with van der Waals surface area (Å²) in [6.45, 7) is 4.22. The monoisotopic (exact) mass is 700 g/mol. The number of hydrogen-bond donors (Lipinski definition) is 5. The van der Waals surface area contributed by atoms with Crippen LogP contribution >= 0.6 is 11.6 Å². The maximum Gasteiger partial charge on any atom is 0.220 e. The number of nitrogens with zero attached hydrogens (tertiary/aromatic N) is 1. The number of hydrogen-bond acceptors (Lipinski definition) is 8. The summed E-state index contributed by atoms with van der Waals surface area (Å²) in [6, 6.07) is 16.7. The maximum atomic E-state index is 14.9. The molecule has 2 amide bonds. The van der Waals surface area contributed by atoms with Gasteiger partial charge in [0.05, 0.1) is 30.6 Å². The molecule has 12 heteroatoms. The van der Waals surface area contributed by atoms with Crippen LogP contribution in [-0.4, -0.2) is 56.2 Å². The number of rotatable bonds is 14. The summed E-state index contributed by atoms with van der Waals surface area (Å²) < 4.78 is 26.4. The van der Waals surface area contributed by atoms with E-state index in [1.165, 1.54) is 12.1 Å². The van der Waals surface area contributed by atoms with Gasteiger partial charge in [-0.25, -0.2) is 4.39 Å². The van der Waals surface area contributed by atoms with Crippen LogP contribution in [-0.2, 0) is 22.7 Å². The Hall–Kier alpha value is -4.71. The molecule has 2 aliphatic rings. The first kappa shape index (κ1) is 35.1. The van der Waals surface area contributed by atoms with Crippen molar-refractivity contribution in [2.24, 2.45) is 0 Å². The van der Waals surface area contributed by atoms with Gasteiger partial charge in [0.2, 0.25) is 11.8 Å². The average molecular weight is 701 g/mol. The molecular weight excluding hydrogens is 659 g/mol. The van der Waals surface area contributed by atoms with Crippen LogP contribution in [0.3, 0.4) is 0 Å². The smallest absolute Gasteiger partial charge is 0.220 e. The van der Waals surface area contributed by atoms with Crippen LogP contribution in [0.5, 0.6) is 11.5 Å². The number of amides is 2. The van der Waals surface area contributed by atoms with Gasteiger partial charge in [-0.1, -0.05) is 35.9 Å². The molecule has 2 atom stereocenters. The molecule has 262 valence electrons. The highest BCUT2D eigenvalue weighted by Crippen LogP contribution is 2.40. The van der Waals surface area contributed by atoms with Crippen molar-refractivity contribution in [2.75, 3.05) is 32.6 Å². The van der Waals surface area contributed by atoms with Crippen LogP contribution in [0.25, 0.3) is 22.4 Å². The lowest BCUT2D eigenvalue weighted by Crippen LogP contribution is -2.35. The molecule has 0 saturated carbocycles. The molecule has 1 aromatic heterocycles. The minimum absolute atomic E-state index is 0.0559. The Kier molecular flexibility index (Phi) is 11.2. The van der Waals surface area contributed by atoms with Gasteiger partial charge < -0.3 is 36.1 Å². The molecule has 50 heavy (non-hydrogen) atoms. The highest BCUT2D eigenvalue weighted by Gasteiger charge is 2.22. The van der Waals surface area contributed by atoms with E-state index in [1.807, 2.05) is 49.4 Å². The van der Waals surface area contributed by atoms with E-state index in [0.717, 1.165) is 46.3 Å². The van der Waals surface area contributed by atoms with Crippen LogP contribution in [0.2, 0.25) is 5.02 Å². The molecule has 4 aromatic rings. The summed E-state index contributed by atoms with van der Waals surface area (Å²) in [5, 5.41) is 16.5. The van der Waals surface area contributed by atoms with E-state index in [9.17, 15) is 14.0 Å². The first-order valence-corrected chi connectivity index (χ1v) is 17.2. The Morgan fingerprint density at radius 3 is 2.20 bits per heavy atom. The molecule has 3 aromatic carbocycles. The van der Waals surface area contributed by atoms with Gasteiger partial charge in [0.1, 0.15) is 17.3 Å². The first-order valence-electron chi connectivity index (χ1n) is 16.8. The molecular formula is C38H42ClFN6O4. The maximum absolute atomic E-state index is 14.9. The van der Waals surface area contributed by atoms with Crippen molar-refractivity contribution in [3.63, 3.8) is 0 Å². The van der Waals surface area contributed by atoms with E-state index < -0.39 is 5.82 Å². The number of ether oxygens (including phenoxy) is 2. The van der Waals surface area contributed by atoms with Crippen molar-refractivity contribution in [3.05, 3.63) is 88.3 Å². The second-order valence-electron chi connectivity index (χ2n) is 12.7. The number of pyridine rings is 1. The second kappa shape index (κ2) is 15.9. The Bertz CT molecular complexity index is 1890. The zero-order valence-corrected chi connectivity index (χ0v) is 29.2. The molecule has 10 nitrogen and oxygen atoms in total. The van der Waals surface area contributed by atoms with Crippen molar-refractivity contribution in [1.82, 2.24) is 26.3 Å². The number of anilines is 2. The fourth-order valence-corrected chi connectivity index (χ4v) is 6.96. The molecule has 2 fully saturated rings. The molecule has 0 spiro atoms. The highest BCUT2D eigenvalue weighted by molar-refractivity contribution is 6.35. The molecule has 0 radical (unpaired) electrons. The summed E-state index contributed by atoms with van der Waals surface area (Å²) >= 11 is 7.09. The van der Waals surface area contributed by atoms with Gasteiger partial charge >= 0.3 is 0 Å². The van der Waals surface area contributed by atoms with E-state index in [1.54, 1.807) is 20.4 Å². The molecule has 6 rings (SSSR count). The Morgan fingerprint density at radius 1 is 0.860 bits per heavy atom. The van der Waals surface area contributed by atoms with E-state index in [0.29, 0.717) is 72.5 Å². The summed E-state index contributed by atoms with van der Waals surface area (Å²) in [5.74, 6) is 0.998. The predicted molar refractivity (Wildman–Crippen MR) is 193 cm³/mol. The average Bonchev–Trinajstić information content (AvgIpc) is 3.72. The van der Waals surface area contributed by atoms with Gasteiger partial charge in [-0.15, -0.1) is 0 Å². The molecule has 2 aliphatic heterocycles. The van der Waals surface area contributed by atoms with Crippen LogP contribution < -0.4 is 36.1 Å². The summed E-state index contributed by atoms with van der Waals surface area (Å²) in [6.07, 6.45) is 4.45. The number of benzene rings is 3. The van der Waals surface area contributed by atoms with Gasteiger partial charge in [0.15, 0.2) is 0 Å². The molecule has 0 aliphatic carbocycles. The van der Waals surface area contributed by atoms with E-state index in [4.69, 9.17) is 21.1 Å². The third-order valence-electron chi connectivity index (χ3n) is 9.26. The Morgan fingerprint density at radius 2 is 1.56 bits per heavy atom. The highest BCUT2D eigenvalue weighted by atomic mass is 35.5. The number of methoxy groups -OCH3 is 2. The number of halogens is 2. The minimum atomic E-state index is -0.394. The SMILES string of the molecule is COc1cc(-c2nccc(-c3cccc(Nc4cc(F)cc(CNC[C@@H]5CCC(=O)N5)c4OC)c3C)c2Cl)ccc1CNC[C@H]1CCC(=O)N1. The predicted octanol–water partition coefficient (Wildman–Crippen LogP) is 6.01. The lowest BCUT2D eigenvalue weighted by atomic mass is 9.97. The normalized spacial score (nSPS) is 17.1. The standard InChI is InChI=1S/C38H42ClFN6O4/c1-22-29(5-4-6-31(22)46-32-17-26(40)15-25(38(32)50-3)19-42-21-28-10-12-35(48)45-28)30-13-14-43-37(36(30)39)23-7-8-24(33(16-23)49-2)18-41-20-27-9-11-34(47)44-27/h4-8,13-17,27-28,41-42,46H,9-12,18-21H2,1-3H3,(H,44,47)(H,45,48)/t27-,28+/m1/s1. The van der Waals surface area contributed by atoms with E-state index in [-0.39, 0.29) is 23.9 Å².